The van der Waals surface area contributed by atoms with Gasteiger partial charge in [-0.3, -0.25) is 14.4 Å². The SMILES string of the molecule is COc1ccc([C@@H]2[C@H](C(=O)c3ccc(Cl)cc3)N3c4ccccc4C=C[C@@H]3C23C(=O)c2ccccc2C3=O)c(OC)c1OC. The Kier molecular flexibility index (Phi) is 6.59. The van der Waals surface area contributed by atoms with E-state index in [4.69, 9.17) is 25.8 Å². The molecule has 7 nitrogen and oxygen atoms in total. The van der Waals surface area contributed by atoms with Crippen LogP contribution in [0.4, 0.5) is 5.69 Å². The third kappa shape index (κ3) is 3.65. The van der Waals surface area contributed by atoms with Gasteiger partial charge in [-0.15, -0.1) is 0 Å². The summed E-state index contributed by atoms with van der Waals surface area (Å²) >= 11 is 6.21. The Morgan fingerprint density at radius 3 is 2.05 bits per heavy atom. The van der Waals surface area contributed by atoms with Gasteiger partial charge in [0.1, 0.15) is 11.5 Å². The minimum atomic E-state index is -1.69. The molecule has 0 bridgehead atoms. The number of ether oxygens (including phenoxy) is 3. The molecule has 0 saturated carbocycles. The summed E-state index contributed by atoms with van der Waals surface area (Å²) < 4.78 is 17.3. The number of halogens is 1. The number of para-hydroxylation sites is 1. The lowest BCUT2D eigenvalue weighted by Crippen LogP contribution is -2.48. The first-order valence-electron chi connectivity index (χ1n) is 14.2. The van der Waals surface area contributed by atoms with Gasteiger partial charge in [-0.2, -0.15) is 0 Å². The Balaban J connectivity index is 1.59. The van der Waals surface area contributed by atoms with E-state index in [1.807, 2.05) is 41.3 Å². The highest BCUT2D eigenvalue weighted by Crippen LogP contribution is 2.63. The first kappa shape index (κ1) is 27.9. The molecule has 1 fully saturated rings. The number of anilines is 1. The topological polar surface area (TPSA) is 82.1 Å². The second-order valence-corrected chi connectivity index (χ2v) is 11.5. The highest BCUT2D eigenvalue weighted by atomic mass is 35.5. The van der Waals surface area contributed by atoms with E-state index in [0.29, 0.717) is 44.5 Å². The van der Waals surface area contributed by atoms with Crippen LogP contribution < -0.4 is 19.1 Å². The summed E-state index contributed by atoms with van der Waals surface area (Å²) in [7, 11) is 4.51. The fourth-order valence-electron chi connectivity index (χ4n) is 7.41. The number of hydrogen-bond donors (Lipinski definition) is 0. The van der Waals surface area contributed by atoms with Gasteiger partial charge < -0.3 is 19.1 Å². The van der Waals surface area contributed by atoms with E-state index in [1.54, 1.807) is 60.7 Å². The predicted molar refractivity (Wildman–Crippen MR) is 168 cm³/mol. The first-order valence-corrected chi connectivity index (χ1v) is 14.6. The quantitative estimate of drug-likeness (QED) is 0.179. The van der Waals surface area contributed by atoms with Crippen LogP contribution in [0.25, 0.3) is 6.08 Å². The summed E-state index contributed by atoms with van der Waals surface area (Å²) in [5.74, 6) is -0.886. The van der Waals surface area contributed by atoms with Crippen LogP contribution in [0.1, 0.15) is 48.1 Å². The van der Waals surface area contributed by atoms with Crippen LogP contribution in [-0.4, -0.2) is 50.8 Å². The Morgan fingerprint density at radius 1 is 0.773 bits per heavy atom. The molecule has 2 heterocycles. The number of methoxy groups -OCH3 is 3. The molecule has 4 aromatic carbocycles. The number of ketones is 3. The van der Waals surface area contributed by atoms with Crippen LogP contribution in [-0.2, 0) is 0 Å². The number of nitrogens with zero attached hydrogens (tertiary/aromatic N) is 1. The summed E-state index contributed by atoms with van der Waals surface area (Å²) in [6.45, 7) is 0. The Labute approximate surface area is 259 Å². The molecule has 44 heavy (non-hydrogen) atoms. The molecule has 0 N–H and O–H groups in total. The highest BCUT2D eigenvalue weighted by molar-refractivity contribution is 6.32. The zero-order valence-corrected chi connectivity index (χ0v) is 25.0. The van der Waals surface area contributed by atoms with E-state index in [2.05, 4.69) is 0 Å². The first-order chi connectivity index (χ1) is 21.4. The molecule has 0 amide bonds. The van der Waals surface area contributed by atoms with Gasteiger partial charge >= 0.3 is 0 Å². The van der Waals surface area contributed by atoms with Gasteiger partial charge in [0, 0.05) is 38.9 Å². The second-order valence-electron chi connectivity index (χ2n) is 11.1. The minimum Gasteiger partial charge on any atom is -0.493 e. The van der Waals surface area contributed by atoms with E-state index < -0.39 is 23.4 Å². The van der Waals surface area contributed by atoms with Crippen molar-refractivity contribution in [2.45, 2.75) is 18.0 Å². The molecular formula is C36H28ClNO6. The number of Topliss-reactive ketones (excluding diaryl/α,β-unsaturated/α-hetero) is 3. The van der Waals surface area contributed by atoms with Crippen molar-refractivity contribution < 1.29 is 28.6 Å². The van der Waals surface area contributed by atoms with Crippen molar-refractivity contribution in [2.75, 3.05) is 26.2 Å². The highest BCUT2D eigenvalue weighted by Gasteiger charge is 2.72. The monoisotopic (exact) mass is 605 g/mol. The molecule has 3 atom stereocenters. The van der Waals surface area contributed by atoms with E-state index in [0.717, 1.165) is 11.3 Å². The van der Waals surface area contributed by atoms with Crippen molar-refractivity contribution in [3.63, 3.8) is 0 Å². The fourth-order valence-corrected chi connectivity index (χ4v) is 7.54. The molecule has 8 heteroatoms. The molecule has 3 aliphatic rings. The van der Waals surface area contributed by atoms with Crippen LogP contribution in [0.3, 0.4) is 0 Å². The number of carbonyl (C=O) groups excluding carboxylic acids is 3. The molecule has 4 aromatic rings. The molecule has 0 aromatic heterocycles. The van der Waals surface area contributed by atoms with E-state index in [1.165, 1.54) is 21.3 Å². The smallest absolute Gasteiger partial charge is 0.203 e. The number of carbonyl (C=O) groups is 3. The molecule has 7 rings (SSSR count). The Morgan fingerprint density at radius 2 is 1.41 bits per heavy atom. The maximum absolute atomic E-state index is 14.9. The Bertz CT molecular complexity index is 1850. The van der Waals surface area contributed by atoms with Crippen molar-refractivity contribution in [1.82, 2.24) is 0 Å². The van der Waals surface area contributed by atoms with Gasteiger partial charge in [0.2, 0.25) is 5.75 Å². The van der Waals surface area contributed by atoms with Gasteiger partial charge in [-0.05, 0) is 42.0 Å². The zero-order chi connectivity index (χ0) is 30.7. The van der Waals surface area contributed by atoms with E-state index in [-0.39, 0.29) is 17.3 Å². The largest absolute Gasteiger partial charge is 0.493 e. The lowest BCUT2D eigenvalue weighted by molar-refractivity contribution is 0.0664. The molecule has 1 spiro atoms. The number of benzene rings is 4. The Hall–Kier alpha value is -4.88. The van der Waals surface area contributed by atoms with Crippen LogP contribution in [0.15, 0.2) is 91.0 Å². The minimum absolute atomic E-state index is 0.257. The number of fused-ring (bicyclic) bond motifs is 5. The van der Waals surface area contributed by atoms with Gasteiger partial charge in [-0.1, -0.05) is 72.3 Å². The van der Waals surface area contributed by atoms with Gasteiger partial charge in [0.05, 0.1) is 27.4 Å². The molecular weight excluding hydrogens is 578 g/mol. The van der Waals surface area contributed by atoms with Crippen LogP contribution in [0.2, 0.25) is 5.02 Å². The third-order valence-corrected chi connectivity index (χ3v) is 9.43. The summed E-state index contributed by atoms with van der Waals surface area (Å²) in [4.78, 5) is 46.6. The number of hydrogen-bond acceptors (Lipinski definition) is 7. The molecule has 2 aliphatic heterocycles. The summed E-state index contributed by atoms with van der Waals surface area (Å²) in [5.41, 5.74) is 1.53. The van der Waals surface area contributed by atoms with Crippen molar-refractivity contribution >= 4 is 40.7 Å². The summed E-state index contributed by atoms with van der Waals surface area (Å²) in [5, 5.41) is 0.489. The van der Waals surface area contributed by atoms with Crippen LogP contribution >= 0.6 is 11.6 Å². The maximum Gasteiger partial charge on any atom is 0.203 e. The zero-order valence-electron chi connectivity index (χ0n) is 24.2. The summed E-state index contributed by atoms with van der Waals surface area (Å²) in [6.07, 6.45) is 3.82. The van der Waals surface area contributed by atoms with E-state index in [9.17, 15) is 14.4 Å². The van der Waals surface area contributed by atoms with Crippen molar-refractivity contribution in [3.05, 3.63) is 124 Å². The van der Waals surface area contributed by atoms with Crippen molar-refractivity contribution in [3.8, 4) is 17.2 Å². The predicted octanol–water partition coefficient (Wildman–Crippen LogP) is 6.68. The number of rotatable bonds is 6. The average molecular weight is 606 g/mol. The molecule has 1 saturated heterocycles. The standard InChI is InChI=1S/C36H28ClNO6/c1-42-27-18-17-25(32(43-2)33(27)44-3)29-30(31(39)21-12-15-22(37)16-13-21)38-26-11-7-4-8-20(26)14-19-28(38)36(29)34(40)23-9-5-6-10-24(23)35(36)41/h4-19,28-30H,1-3H3/t28-,29-,30-/m1/s1. The van der Waals surface area contributed by atoms with E-state index >= 15 is 0 Å². The van der Waals surface area contributed by atoms with Gasteiger partial charge in [0.15, 0.2) is 28.8 Å². The molecule has 0 unspecified atom stereocenters. The molecule has 220 valence electrons. The van der Waals surface area contributed by atoms with Gasteiger partial charge in [0.25, 0.3) is 0 Å². The second kappa shape index (κ2) is 10.4. The molecule has 1 aliphatic carbocycles. The fraction of sp³-hybridized carbons (Fsp3) is 0.194. The normalized spacial score (nSPS) is 20.7. The van der Waals surface area contributed by atoms with Crippen molar-refractivity contribution in [2.24, 2.45) is 5.41 Å². The lowest BCUT2D eigenvalue weighted by Gasteiger charge is -2.37. The van der Waals surface area contributed by atoms with Crippen LogP contribution in [0.5, 0.6) is 17.2 Å². The maximum atomic E-state index is 14.9. The summed E-state index contributed by atoms with van der Waals surface area (Å²) in [6, 6.07) is 23.0. The molecule has 0 radical (unpaired) electrons. The lowest BCUT2D eigenvalue weighted by atomic mass is 9.64. The van der Waals surface area contributed by atoms with Gasteiger partial charge in [-0.25, -0.2) is 0 Å². The average Bonchev–Trinajstić information content (AvgIpc) is 3.49. The third-order valence-electron chi connectivity index (χ3n) is 9.18. The van der Waals surface area contributed by atoms with Crippen LogP contribution in [0, 0.1) is 5.41 Å². The van der Waals surface area contributed by atoms with Crippen molar-refractivity contribution in [1.29, 1.82) is 0 Å².